The first-order valence-corrected chi connectivity index (χ1v) is 7.28. The zero-order valence-corrected chi connectivity index (χ0v) is 11.7. The van der Waals surface area contributed by atoms with Crippen molar-refractivity contribution in [3.8, 4) is 0 Å². The van der Waals surface area contributed by atoms with Gasteiger partial charge in [-0.3, -0.25) is 9.59 Å². The van der Waals surface area contributed by atoms with Crippen molar-refractivity contribution in [2.75, 3.05) is 0 Å². The summed E-state index contributed by atoms with van der Waals surface area (Å²) in [5.41, 5.74) is 0. The minimum Gasteiger partial charge on any atom is -0.481 e. The molecule has 108 valence electrons. The van der Waals surface area contributed by atoms with Crippen molar-refractivity contribution in [3.63, 3.8) is 0 Å². The Kier molecular flexibility index (Phi) is 4.45. The second-order valence-corrected chi connectivity index (χ2v) is 6.03. The maximum Gasteiger partial charge on any atom is 0.308 e. The molecule has 5 nitrogen and oxygen atoms in total. The van der Waals surface area contributed by atoms with Crippen LogP contribution in [-0.2, 0) is 9.59 Å². The van der Waals surface area contributed by atoms with Crippen molar-refractivity contribution in [2.24, 2.45) is 11.8 Å². The highest BCUT2D eigenvalue weighted by atomic mass is 16.4. The number of amides is 1. The van der Waals surface area contributed by atoms with Gasteiger partial charge in [-0.05, 0) is 39.0 Å². The zero-order chi connectivity index (χ0) is 14.0. The molecule has 1 heterocycles. The highest BCUT2D eigenvalue weighted by Gasteiger charge is 2.38. The van der Waals surface area contributed by atoms with E-state index in [0.29, 0.717) is 12.0 Å². The lowest BCUT2D eigenvalue weighted by atomic mass is 9.85. The molecule has 5 unspecified atom stereocenters. The Labute approximate surface area is 114 Å². The molecular weight excluding hydrogens is 244 g/mol. The Bertz CT molecular complexity index is 345. The number of hydrogen-bond acceptors (Lipinski definition) is 3. The van der Waals surface area contributed by atoms with Crippen molar-refractivity contribution in [1.29, 1.82) is 0 Å². The molecular formula is C14H24N2O3. The van der Waals surface area contributed by atoms with E-state index in [2.05, 4.69) is 10.6 Å². The van der Waals surface area contributed by atoms with E-state index in [1.807, 2.05) is 0 Å². The van der Waals surface area contributed by atoms with E-state index in [1.54, 1.807) is 13.8 Å². The van der Waals surface area contributed by atoms with Gasteiger partial charge in [0, 0.05) is 12.1 Å². The third-order valence-corrected chi connectivity index (χ3v) is 4.69. The molecule has 3 N–H and O–H groups in total. The largest absolute Gasteiger partial charge is 0.481 e. The average molecular weight is 268 g/mol. The van der Waals surface area contributed by atoms with Gasteiger partial charge in [0.25, 0.3) is 0 Å². The van der Waals surface area contributed by atoms with Gasteiger partial charge >= 0.3 is 5.97 Å². The number of carbonyl (C=O) groups is 2. The highest BCUT2D eigenvalue weighted by molar-refractivity contribution is 5.83. The maximum absolute atomic E-state index is 12.2. The molecule has 1 amide bonds. The van der Waals surface area contributed by atoms with E-state index in [9.17, 15) is 9.59 Å². The number of carboxylic acid groups (broad SMARTS) is 1. The molecule has 0 aromatic heterocycles. The molecule has 2 fully saturated rings. The second-order valence-electron chi connectivity index (χ2n) is 6.03. The third kappa shape index (κ3) is 3.26. The quantitative estimate of drug-likeness (QED) is 0.714. The molecule has 0 radical (unpaired) electrons. The molecule has 1 saturated carbocycles. The number of aliphatic carboxylic acids is 1. The van der Waals surface area contributed by atoms with Crippen LogP contribution in [0.15, 0.2) is 0 Å². The van der Waals surface area contributed by atoms with Gasteiger partial charge in [0.1, 0.15) is 0 Å². The van der Waals surface area contributed by atoms with Crippen LogP contribution in [0.1, 0.15) is 46.0 Å². The molecule has 0 aromatic carbocycles. The molecule has 0 aromatic rings. The fourth-order valence-electron chi connectivity index (χ4n) is 3.18. The number of carbonyl (C=O) groups excluding carboxylic acids is 1. The van der Waals surface area contributed by atoms with Gasteiger partial charge in [0.15, 0.2) is 0 Å². The molecule has 1 aliphatic carbocycles. The van der Waals surface area contributed by atoms with E-state index in [4.69, 9.17) is 5.11 Å². The smallest absolute Gasteiger partial charge is 0.308 e. The minimum atomic E-state index is -0.874. The van der Waals surface area contributed by atoms with Gasteiger partial charge in [-0.15, -0.1) is 0 Å². The summed E-state index contributed by atoms with van der Waals surface area (Å²) in [5.74, 6) is -0.861. The molecule has 5 atom stereocenters. The van der Waals surface area contributed by atoms with Crippen LogP contribution in [-0.4, -0.2) is 35.1 Å². The Hall–Kier alpha value is -1.10. The van der Waals surface area contributed by atoms with E-state index >= 15 is 0 Å². The number of carboxylic acids is 1. The normalized spacial score (nSPS) is 33.3. The number of hydrogen-bond donors (Lipinski definition) is 3. The van der Waals surface area contributed by atoms with Crippen molar-refractivity contribution in [3.05, 3.63) is 0 Å². The fourth-order valence-corrected chi connectivity index (χ4v) is 3.18. The summed E-state index contributed by atoms with van der Waals surface area (Å²) < 4.78 is 0. The summed E-state index contributed by atoms with van der Waals surface area (Å²) in [6, 6.07) is 0.00248. The predicted octanol–water partition coefficient (Wildman–Crippen LogP) is 1.13. The first kappa shape index (κ1) is 14.3. The van der Waals surface area contributed by atoms with Crippen molar-refractivity contribution in [2.45, 2.75) is 64.1 Å². The molecule has 1 aliphatic heterocycles. The third-order valence-electron chi connectivity index (χ3n) is 4.69. The number of rotatable bonds is 4. The molecule has 1 saturated heterocycles. The van der Waals surface area contributed by atoms with Crippen molar-refractivity contribution < 1.29 is 14.7 Å². The fraction of sp³-hybridized carbons (Fsp3) is 0.857. The minimum absolute atomic E-state index is 0.0463. The van der Waals surface area contributed by atoms with Gasteiger partial charge in [0.2, 0.25) is 5.91 Å². The summed E-state index contributed by atoms with van der Waals surface area (Å²) in [7, 11) is 0. The average Bonchev–Trinajstić information content (AvgIpc) is 2.81. The summed E-state index contributed by atoms with van der Waals surface area (Å²) in [6.07, 6.45) is 5.78. The zero-order valence-electron chi connectivity index (χ0n) is 11.7. The first-order valence-electron chi connectivity index (χ1n) is 7.28. The lowest BCUT2D eigenvalue weighted by Gasteiger charge is -2.24. The van der Waals surface area contributed by atoms with Crippen LogP contribution in [0.25, 0.3) is 0 Å². The monoisotopic (exact) mass is 268 g/mol. The van der Waals surface area contributed by atoms with E-state index in [0.717, 1.165) is 12.8 Å². The van der Waals surface area contributed by atoms with Gasteiger partial charge in [-0.1, -0.05) is 12.8 Å². The summed E-state index contributed by atoms with van der Waals surface area (Å²) in [5, 5.41) is 15.2. The van der Waals surface area contributed by atoms with E-state index in [-0.39, 0.29) is 18.0 Å². The lowest BCUT2D eigenvalue weighted by molar-refractivity contribution is -0.142. The van der Waals surface area contributed by atoms with Gasteiger partial charge in [0.05, 0.1) is 12.0 Å². The number of fused-ring (bicyclic) bond motifs is 1. The van der Waals surface area contributed by atoms with Crippen molar-refractivity contribution >= 4 is 11.9 Å². The molecule has 19 heavy (non-hydrogen) atoms. The highest BCUT2D eigenvalue weighted by Crippen LogP contribution is 2.33. The predicted molar refractivity (Wildman–Crippen MR) is 71.7 cm³/mol. The Balaban J connectivity index is 1.85. The Morgan fingerprint density at radius 2 is 1.95 bits per heavy atom. The molecule has 2 rings (SSSR count). The van der Waals surface area contributed by atoms with Crippen LogP contribution in [0.4, 0.5) is 0 Å². The van der Waals surface area contributed by atoms with Gasteiger partial charge < -0.3 is 15.7 Å². The summed E-state index contributed by atoms with van der Waals surface area (Å²) in [6.45, 7) is 3.37. The summed E-state index contributed by atoms with van der Waals surface area (Å²) >= 11 is 0. The summed E-state index contributed by atoms with van der Waals surface area (Å²) in [4.78, 5) is 23.0. The number of nitrogens with one attached hydrogen (secondary N) is 2. The SMILES string of the molecule is CC(NC(=O)C1CC2CCCCC2N1)C(C)C(=O)O. The standard InChI is InChI=1S/C14H24N2O3/c1-8(14(18)19)9(2)15-13(17)12-7-10-5-3-4-6-11(10)16-12/h8-12,16H,3-7H2,1-2H3,(H,15,17)(H,18,19). The van der Waals surface area contributed by atoms with Crippen molar-refractivity contribution in [1.82, 2.24) is 10.6 Å². The molecule has 0 bridgehead atoms. The molecule has 0 spiro atoms. The van der Waals surface area contributed by atoms with Crippen LogP contribution in [0.3, 0.4) is 0 Å². The lowest BCUT2D eigenvalue weighted by Crippen LogP contribution is -2.48. The van der Waals surface area contributed by atoms with Crippen LogP contribution in [0.5, 0.6) is 0 Å². The van der Waals surface area contributed by atoms with Crippen LogP contribution < -0.4 is 10.6 Å². The molecule has 2 aliphatic rings. The Morgan fingerprint density at radius 3 is 2.58 bits per heavy atom. The van der Waals surface area contributed by atoms with Crippen LogP contribution in [0, 0.1) is 11.8 Å². The van der Waals surface area contributed by atoms with E-state index < -0.39 is 11.9 Å². The molecule has 5 heteroatoms. The first-order chi connectivity index (χ1) is 8.99. The van der Waals surface area contributed by atoms with Crippen LogP contribution >= 0.6 is 0 Å². The second kappa shape index (κ2) is 5.90. The van der Waals surface area contributed by atoms with Gasteiger partial charge in [-0.25, -0.2) is 0 Å². The topological polar surface area (TPSA) is 78.4 Å². The Morgan fingerprint density at radius 1 is 1.26 bits per heavy atom. The van der Waals surface area contributed by atoms with Crippen LogP contribution in [0.2, 0.25) is 0 Å². The maximum atomic E-state index is 12.2. The van der Waals surface area contributed by atoms with E-state index in [1.165, 1.54) is 19.3 Å². The van der Waals surface area contributed by atoms with Gasteiger partial charge in [-0.2, -0.15) is 0 Å².